The first-order valence-corrected chi connectivity index (χ1v) is 8.66. The van der Waals surface area contributed by atoms with Crippen molar-refractivity contribution in [3.05, 3.63) is 11.8 Å². The molecule has 1 aromatic rings. The highest BCUT2D eigenvalue weighted by Gasteiger charge is 2.22. The second-order valence-corrected chi connectivity index (χ2v) is 6.73. The SMILES string of the molecule is CCOC(=O)c1cnc(S[C@@H](C)C(=O)NC2CCCC2)nc1N. The lowest BCUT2D eigenvalue weighted by Gasteiger charge is -2.16. The average molecular weight is 338 g/mol. The smallest absolute Gasteiger partial charge is 0.343 e. The zero-order chi connectivity index (χ0) is 16.8. The first-order valence-electron chi connectivity index (χ1n) is 7.78. The molecule has 0 radical (unpaired) electrons. The maximum atomic E-state index is 12.2. The van der Waals surface area contributed by atoms with Crippen LogP contribution in [0.15, 0.2) is 11.4 Å². The van der Waals surface area contributed by atoms with Crippen LogP contribution in [0.1, 0.15) is 49.9 Å². The minimum Gasteiger partial charge on any atom is -0.462 e. The monoisotopic (exact) mass is 338 g/mol. The van der Waals surface area contributed by atoms with Gasteiger partial charge in [-0.15, -0.1) is 0 Å². The number of nitrogens with zero attached hydrogens (tertiary/aromatic N) is 2. The number of carbonyl (C=O) groups excluding carboxylic acids is 2. The summed E-state index contributed by atoms with van der Waals surface area (Å²) in [6.45, 7) is 3.77. The molecule has 3 N–H and O–H groups in total. The zero-order valence-electron chi connectivity index (χ0n) is 13.4. The van der Waals surface area contributed by atoms with E-state index in [9.17, 15) is 9.59 Å². The van der Waals surface area contributed by atoms with E-state index < -0.39 is 5.97 Å². The van der Waals surface area contributed by atoms with Gasteiger partial charge in [-0.2, -0.15) is 0 Å². The molecule has 0 unspecified atom stereocenters. The van der Waals surface area contributed by atoms with Crippen LogP contribution in [0.25, 0.3) is 0 Å². The number of hydrogen-bond donors (Lipinski definition) is 2. The van der Waals surface area contributed by atoms with Crippen LogP contribution in [0.5, 0.6) is 0 Å². The third-order valence-electron chi connectivity index (χ3n) is 3.64. The maximum absolute atomic E-state index is 12.2. The molecule has 1 aliphatic carbocycles. The van der Waals surface area contributed by atoms with Crippen LogP contribution in [0.4, 0.5) is 5.82 Å². The predicted octanol–water partition coefficient (Wildman–Crippen LogP) is 1.77. The molecular formula is C15H22N4O3S. The largest absolute Gasteiger partial charge is 0.462 e. The molecule has 0 spiro atoms. The second kappa shape index (κ2) is 8.14. The number of rotatable bonds is 6. The van der Waals surface area contributed by atoms with Crippen molar-refractivity contribution in [1.29, 1.82) is 0 Å². The molecule has 0 aromatic carbocycles. The Hall–Kier alpha value is -1.83. The lowest BCUT2D eigenvalue weighted by atomic mass is 10.2. The summed E-state index contributed by atoms with van der Waals surface area (Å²) < 4.78 is 4.87. The van der Waals surface area contributed by atoms with Crippen molar-refractivity contribution in [2.75, 3.05) is 12.3 Å². The Labute approximate surface area is 139 Å². The van der Waals surface area contributed by atoms with Gasteiger partial charge in [-0.25, -0.2) is 14.8 Å². The Morgan fingerprint density at radius 3 is 2.78 bits per heavy atom. The number of amides is 1. The Balaban J connectivity index is 1.95. The fourth-order valence-corrected chi connectivity index (χ4v) is 3.16. The van der Waals surface area contributed by atoms with Gasteiger partial charge in [0.15, 0.2) is 5.16 Å². The number of hydrogen-bond acceptors (Lipinski definition) is 7. The molecular weight excluding hydrogens is 316 g/mol. The third kappa shape index (κ3) is 4.82. The molecule has 8 heteroatoms. The van der Waals surface area contributed by atoms with E-state index in [4.69, 9.17) is 10.5 Å². The van der Waals surface area contributed by atoms with Crippen LogP contribution < -0.4 is 11.1 Å². The molecule has 0 aliphatic heterocycles. The Morgan fingerprint density at radius 1 is 1.48 bits per heavy atom. The summed E-state index contributed by atoms with van der Waals surface area (Å²) in [5, 5.41) is 3.07. The molecule has 1 aromatic heterocycles. The quantitative estimate of drug-likeness (QED) is 0.462. The fraction of sp³-hybridized carbons (Fsp3) is 0.600. The normalized spacial score (nSPS) is 16.1. The van der Waals surface area contributed by atoms with Crippen LogP contribution in [0, 0.1) is 0 Å². The van der Waals surface area contributed by atoms with Crippen LogP contribution in [-0.4, -0.2) is 39.7 Å². The van der Waals surface area contributed by atoms with Crippen molar-refractivity contribution >= 4 is 29.5 Å². The van der Waals surface area contributed by atoms with E-state index in [0.717, 1.165) is 12.8 Å². The molecule has 0 saturated heterocycles. The highest BCUT2D eigenvalue weighted by atomic mass is 32.2. The Bertz CT molecular complexity index is 576. The van der Waals surface area contributed by atoms with Crippen molar-refractivity contribution in [3.8, 4) is 0 Å². The van der Waals surface area contributed by atoms with Gasteiger partial charge < -0.3 is 15.8 Å². The van der Waals surface area contributed by atoms with Gasteiger partial charge in [0.05, 0.1) is 11.9 Å². The standard InChI is InChI=1S/C15H22N4O3S/c1-3-22-14(21)11-8-17-15(19-12(11)16)23-9(2)13(20)18-10-6-4-5-7-10/h8-10H,3-7H2,1-2H3,(H,18,20)(H2,16,17,19)/t9-/m0/s1. The van der Waals surface area contributed by atoms with Crippen LogP contribution in [0.2, 0.25) is 0 Å². The molecule has 0 bridgehead atoms. The summed E-state index contributed by atoms with van der Waals surface area (Å²) in [7, 11) is 0. The van der Waals surface area contributed by atoms with Gasteiger partial charge in [-0.3, -0.25) is 4.79 Å². The summed E-state index contributed by atoms with van der Waals surface area (Å²) in [6.07, 6.45) is 5.76. The highest BCUT2D eigenvalue weighted by molar-refractivity contribution is 8.00. The molecule has 7 nitrogen and oxygen atoms in total. The first kappa shape index (κ1) is 17.5. The van der Waals surface area contributed by atoms with E-state index in [2.05, 4.69) is 15.3 Å². The minimum absolute atomic E-state index is 0.0291. The predicted molar refractivity (Wildman–Crippen MR) is 88.1 cm³/mol. The number of nitrogens with two attached hydrogens (primary N) is 1. The molecule has 1 aliphatic rings. The summed E-state index contributed by atoms with van der Waals surface area (Å²) >= 11 is 1.22. The molecule has 2 rings (SSSR count). The van der Waals surface area contributed by atoms with Crippen LogP contribution in [0.3, 0.4) is 0 Å². The van der Waals surface area contributed by atoms with Crippen molar-refractivity contribution < 1.29 is 14.3 Å². The van der Waals surface area contributed by atoms with E-state index >= 15 is 0 Å². The molecule has 23 heavy (non-hydrogen) atoms. The van der Waals surface area contributed by atoms with Gasteiger partial charge in [-0.05, 0) is 26.7 Å². The van der Waals surface area contributed by atoms with E-state index in [1.54, 1.807) is 13.8 Å². The number of carbonyl (C=O) groups is 2. The number of anilines is 1. The number of thioether (sulfide) groups is 1. The lowest BCUT2D eigenvalue weighted by molar-refractivity contribution is -0.120. The van der Waals surface area contributed by atoms with E-state index in [0.29, 0.717) is 5.16 Å². The van der Waals surface area contributed by atoms with E-state index in [-0.39, 0.29) is 35.2 Å². The van der Waals surface area contributed by atoms with Crippen molar-refractivity contribution in [1.82, 2.24) is 15.3 Å². The van der Waals surface area contributed by atoms with E-state index in [1.807, 2.05) is 0 Å². The van der Waals surface area contributed by atoms with Gasteiger partial charge in [-0.1, -0.05) is 24.6 Å². The number of esters is 1. The van der Waals surface area contributed by atoms with Crippen molar-refractivity contribution in [2.24, 2.45) is 0 Å². The summed E-state index contributed by atoms with van der Waals surface area (Å²) in [5.74, 6) is -0.517. The van der Waals surface area contributed by atoms with Crippen molar-refractivity contribution in [2.45, 2.75) is 56.0 Å². The van der Waals surface area contributed by atoms with Crippen LogP contribution in [-0.2, 0) is 9.53 Å². The van der Waals surface area contributed by atoms with Gasteiger partial charge in [0.25, 0.3) is 0 Å². The van der Waals surface area contributed by atoms with Gasteiger partial charge in [0.2, 0.25) is 5.91 Å². The Morgan fingerprint density at radius 2 is 2.17 bits per heavy atom. The lowest BCUT2D eigenvalue weighted by Crippen LogP contribution is -2.37. The van der Waals surface area contributed by atoms with Crippen LogP contribution >= 0.6 is 11.8 Å². The topological polar surface area (TPSA) is 107 Å². The molecule has 1 fully saturated rings. The number of nitrogen functional groups attached to an aromatic ring is 1. The molecule has 1 amide bonds. The summed E-state index contributed by atoms with van der Waals surface area (Å²) in [6, 6.07) is 0.280. The summed E-state index contributed by atoms with van der Waals surface area (Å²) in [5.41, 5.74) is 5.91. The van der Waals surface area contributed by atoms with Crippen molar-refractivity contribution in [3.63, 3.8) is 0 Å². The maximum Gasteiger partial charge on any atom is 0.343 e. The number of nitrogens with one attached hydrogen (secondary N) is 1. The second-order valence-electron chi connectivity index (χ2n) is 5.42. The Kier molecular flexibility index (Phi) is 6.20. The van der Waals surface area contributed by atoms with Gasteiger partial charge in [0.1, 0.15) is 11.4 Å². The van der Waals surface area contributed by atoms with Gasteiger partial charge >= 0.3 is 5.97 Å². The number of ether oxygens (including phenoxy) is 1. The first-order chi connectivity index (χ1) is 11.0. The zero-order valence-corrected chi connectivity index (χ0v) is 14.2. The van der Waals surface area contributed by atoms with Gasteiger partial charge in [0, 0.05) is 12.2 Å². The number of aromatic nitrogens is 2. The molecule has 126 valence electrons. The molecule has 1 heterocycles. The van der Waals surface area contributed by atoms with E-state index in [1.165, 1.54) is 30.8 Å². The fourth-order valence-electron chi connectivity index (χ4n) is 2.40. The average Bonchev–Trinajstić information content (AvgIpc) is 3.00. The highest BCUT2D eigenvalue weighted by Crippen LogP contribution is 2.23. The summed E-state index contributed by atoms with van der Waals surface area (Å²) in [4.78, 5) is 32.0. The third-order valence-corrected chi connectivity index (χ3v) is 4.62. The minimum atomic E-state index is -0.548. The molecule has 1 saturated carbocycles. The molecule has 1 atom stereocenters.